The molecule has 0 aromatic heterocycles. The first-order valence-corrected chi connectivity index (χ1v) is 7.45. The van der Waals surface area contributed by atoms with E-state index in [9.17, 15) is 18.0 Å². The van der Waals surface area contributed by atoms with E-state index in [1.54, 1.807) is 13.8 Å². The van der Waals surface area contributed by atoms with Gasteiger partial charge in [-0.15, -0.1) is 0 Å². The molecule has 17 heavy (non-hydrogen) atoms. The SMILES string of the molecule is CCC(CC)(NC(=O)CCS(C)(=O)=O)C(=O)O. The summed E-state index contributed by atoms with van der Waals surface area (Å²) in [5.41, 5.74) is -1.30. The van der Waals surface area contributed by atoms with Crippen LogP contribution in [0.25, 0.3) is 0 Å². The third kappa shape index (κ3) is 5.16. The Morgan fingerprint density at radius 3 is 2.00 bits per heavy atom. The average molecular weight is 265 g/mol. The van der Waals surface area contributed by atoms with Gasteiger partial charge in [-0.1, -0.05) is 13.8 Å². The van der Waals surface area contributed by atoms with Crippen LogP contribution in [-0.2, 0) is 19.4 Å². The summed E-state index contributed by atoms with van der Waals surface area (Å²) in [6.07, 6.45) is 1.32. The lowest BCUT2D eigenvalue weighted by atomic mass is 9.93. The number of hydrogen-bond acceptors (Lipinski definition) is 4. The molecule has 0 aliphatic rings. The summed E-state index contributed by atoms with van der Waals surface area (Å²) in [6.45, 7) is 3.32. The van der Waals surface area contributed by atoms with Gasteiger partial charge in [0.2, 0.25) is 5.91 Å². The third-order valence-corrected chi connectivity index (χ3v) is 3.64. The lowest BCUT2D eigenvalue weighted by molar-refractivity contribution is -0.148. The summed E-state index contributed by atoms with van der Waals surface area (Å²) >= 11 is 0. The molecular formula is C10H19NO5S. The van der Waals surface area contributed by atoms with Crippen LogP contribution in [0.15, 0.2) is 0 Å². The van der Waals surface area contributed by atoms with Crippen molar-refractivity contribution < 1.29 is 23.1 Å². The van der Waals surface area contributed by atoms with Crippen molar-refractivity contribution in [3.63, 3.8) is 0 Å². The maximum atomic E-state index is 11.5. The van der Waals surface area contributed by atoms with Gasteiger partial charge in [-0.3, -0.25) is 4.79 Å². The quantitative estimate of drug-likeness (QED) is 0.684. The molecule has 0 fully saturated rings. The van der Waals surface area contributed by atoms with E-state index < -0.39 is 27.3 Å². The number of aliphatic carboxylic acids is 1. The molecule has 0 spiro atoms. The number of sulfone groups is 1. The normalized spacial score (nSPS) is 12.2. The van der Waals surface area contributed by atoms with Crippen molar-refractivity contribution in [1.29, 1.82) is 0 Å². The number of rotatable bonds is 7. The highest BCUT2D eigenvalue weighted by Crippen LogP contribution is 2.15. The summed E-state index contributed by atoms with van der Waals surface area (Å²) in [5, 5.41) is 11.5. The van der Waals surface area contributed by atoms with E-state index in [4.69, 9.17) is 5.11 Å². The first-order chi connectivity index (χ1) is 7.67. The number of carbonyl (C=O) groups is 2. The van der Waals surface area contributed by atoms with Crippen LogP contribution >= 0.6 is 0 Å². The standard InChI is InChI=1S/C10H19NO5S/c1-4-10(5-2,9(13)14)11-8(12)6-7-17(3,15)16/h4-7H2,1-3H3,(H,11,12)(H,13,14). The maximum absolute atomic E-state index is 11.5. The fourth-order valence-corrected chi connectivity index (χ4v) is 1.95. The molecular weight excluding hydrogens is 246 g/mol. The zero-order valence-electron chi connectivity index (χ0n) is 10.3. The Bertz CT molecular complexity index is 384. The minimum atomic E-state index is -3.22. The predicted molar refractivity (Wildman–Crippen MR) is 63.4 cm³/mol. The third-order valence-electron chi connectivity index (χ3n) is 2.70. The first kappa shape index (κ1) is 15.9. The summed E-state index contributed by atoms with van der Waals surface area (Å²) < 4.78 is 21.8. The van der Waals surface area contributed by atoms with Gasteiger partial charge >= 0.3 is 5.97 Å². The highest BCUT2D eigenvalue weighted by atomic mass is 32.2. The lowest BCUT2D eigenvalue weighted by Crippen LogP contribution is -2.53. The molecule has 0 aliphatic carbocycles. The zero-order valence-corrected chi connectivity index (χ0v) is 11.1. The van der Waals surface area contributed by atoms with Crippen LogP contribution in [0.4, 0.5) is 0 Å². The molecule has 2 N–H and O–H groups in total. The maximum Gasteiger partial charge on any atom is 0.329 e. The van der Waals surface area contributed by atoms with E-state index in [2.05, 4.69) is 5.32 Å². The van der Waals surface area contributed by atoms with Crippen molar-refractivity contribution in [2.45, 2.75) is 38.6 Å². The second-order valence-corrected chi connectivity index (χ2v) is 6.28. The second-order valence-electron chi connectivity index (χ2n) is 4.02. The van der Waals surface area contributed by atoms with E-state index in [0.29, 0.717) is 0 Å². The summed E-state index contributed by atoms with van der Waals surface area (Å²) in [4.78, 5) is 22.6. The Kier molecular flexibility index (Phi) is 5.60. The summed E-state index contributed by atoms with van der Waals surface area (Å²) in [7, 11) is -3.22. The van der Waals surface area contributed by atoms with Crippen LogP contribution in [0.2, 0.25) is 0 Å². The second kappa shape index (κ2) is 6.00. The van der Waals surface area contributed by atoms with Crippen LogP contribution in [-0.4, -0.2) is 42.9 Å². The molecule has 0 saturated carbocycles. The minimum absolute atomic E-state index is 0.214. The predicted octanol–water partition coefficient (Wildman–Crippen LogP) is 0.181. The van der Waals surface area contributed by atoms with Crippen molar-refractivity contribution in [2.75, 3.05) is 12.0 Å². The van der Waals surface area contributed by atoms with E-state index >= 15 is 0 Å². The van der Waals surface area contributed by atoms with Gasteiger partial charge in [-0.2, -0.15) is 0 Å². The molecule has 0 aliphatic heterocycles. The van der Waals surface area contributed by atoms with Gasteiger partial charge in [0.1, 0.15) is 15.4 Å². The van der Waals surface area contributed by atoms with Crippen molar-refractivity contribution in [1.82, 2.24) is 5.32 Å². The van der Waals surface area contributed by atoms with Crippen molar-refractivity contribution >= 4 is 21.7 Å². The summed E-state index contributed by atoms with van der Waals surface area (Å²) in [6, 6.07) is 0. The van der Waals surface area contributed by atoms with Crippen LogP contribution < -0.4 is 5.32 Å². The Hall–Kier alpha value is -1.11. The molecule has 0 aromatic carbocycles. The first-order valence-electron chi connectivity index (χ1n) is 5.39. The highest BCUT2D eigenvalue weighted by Gasteiger charge is 2.36. The Labute approximate surface area is 101 Å². The number of nitrogens with one attached hydrogen (secondary N) is 1. The smallest absolute Gasteiger partial charge is 0.329 e. The van der Waals surface area contributed by atoms with Gasteiger partial charge in [0.05, 0.1) is 5.75 Å². The van der Waals surface area contributed by atoms with Crippen molar-refractivity contribution in [3.05, 3.63) is 0 Å². The van der Waals surface area contributed by atoms with Crippen LogP contribution in [0.5, 0.6) is 0 Å². The Morgan fingerprint density at radius 2 is 1.71 bits per heavy atom. The van der Waals surface area contributed by atoms with Gasteiger partial charge in [-0.05, 0) is 12.8 Å². The molecule has 100 valence electrons. The fraction of sp³-hybridized carbons (Fsp3) is 0.800. The molecule has 0 radical (unpaired) electrons. The fourth-order valence-electron chi connectivity index (χ4n) is 1.39. The molecule has 0 aromatic rings. The van der Waals surface area contributed by atoms with Crippen LogP contribution in [0.3, 0.4) is 0 Å². The van der Waals surface area contributed by atoms with E-state index in [1.807, 2.05) is 0 Å². The van der Waals surface area contributed by atoms with Crippen LogP contribution in [0.1, 0.15) is 33.1 Å². The van der Waals surface area contributed by atoms with E-state index in [0.717, 1.165) is 6.26 Å². The molecule has 0 bridgehead atoms. The van der Waals surface area contributed by atoms with Crippen LogP contribution in [0, 0.1) is 0 Å². The summed E-state index contributed by atoms with van der Waals surface area (Å²) in [5.74, 6) is -1.93. The number of amides is 1. The Balaban J connectivity index is 4.58. The van der Waals surface area contributed by atoms with Gasteiger partial charge in [0.15, 0.2) is 0 Å². The molecule has 7 heteroatoms. The monoisotopic (exact) mass is 265 g/mol. The number of carboxylic acid groups (broad SMARTS) is 1. The highest BCUT2D eigenvalue weighted by molar-refractivity contribution is 7.90. The molecule has 0 unspecified atom stereocenters. The van der Waals surface area contributed by atoms with Gasteiger partial charge in [-0.25, -0.2) is 13.2 Å². The van der Waals surface area contributed by atoms with Gasteiger partial charge in [0, 0.05) is 12.7 Å². The number of carbonyl (C=O) groups excluding carboxylic acids is 1. The molecule has 1 amide bonds. The van der Waals surface area contributed by atoms with Crippen molar-refractivity contribution in [3.8, 4) is 0 Å². The molecule has 6 nitrogen and oxygen atoms in total. The molecule has 0 rings (SSSR count). The molecule has 0 saturated heterocycles. The Morgan fingerprint density at radius 1 is 1.24 bits per heavy atom. The minimum Gasteiger partial charge on any atom is -0.480 e. The zero-order chi connectivity index (χ0) is 13.7. The largest absolute Gasteiger partial charge is 0.480 e. The topological polar surface area (TPSA) is 101 Å². The average Bonchev–Trinajstić information content (AvgIpc) is 2.22. The van der Waals surface area contributed by atoms with Crippen molar-refractivity contribution in [2.24, 2.45) is 0 Å². The number of hydrogen-bond donors (Lipinski definition) is 2. The number of carboxylic acids is 1. The van der Waals surface area contributed by atoms with Gasteiger partial charge < -0.3 is 10.4 Å². The van der Waals surface area contributed by atoms with E-state index in [1.165, 1.54) is 0 Å². The lowest BCUT2D eigenvalue weighted by Gasteiger charge is -2.27. The molecule has 0 heterocycles. The molecule has 0 atom stereocenters. The van der Waals surface area contributed by atoms with E-state index in [-0.39, 0.29) is 25.0 Å². The van der Waals surface area contributed by atoms with Gasteiger partial charge in [0.25, 0.3) is 0 Å².